The molecular formula is C20H18N2. The first kappa shape index (κ1) is 15.3. The Morgan fingerprint density at radius 2 is 1.64 bits per heavy atom. The van der Waals surface area contributed by atoms with E-state index in [1.807, 2.05) is 60.7 Å². The highest BCUT2D eigenvalue weighted by Gasteiger charge is 2.11. The summed E-state index contributed by atoms with van der Waals surface area (Å²) in [7, 11) is 0. The van der Waals surface area contributed by atoms with Crippen LogP contribution in [-0.4, -0.2) is 0 Å². The summed E-state index contributed by atoms with van der Waals surface area (Å²) in [5.41, 5.74) is 4.01. The van der Waals surface area contributed by atoms with Crippen LogP contribution in [0.2, 0.25) is 0 Å². The van der Waals surface area contributed by atoms with E-state index in [-0.39, 0.29) is 0 Å². The third-order valence-corrected chi connectivity index (χ3v) is 3.25. The fourth-order valence-corrected chi connectivity index (χ4v) is 2.23. The second kappa shape index (κ2) is 7.66. The predicted molar refractivity (Wildman–Crippen MR) is 92.8 cm³/mol. The van der Waals surface area contributed by atoms with Gasteiger partial charge in [0.15, 0.2) is 0 Å². The van der Waals surface area contributed by atoms with E-state index in [1.165, 1.54) is 0 Å². The molecular weight excluding hydrogens is 268 g/mol. The molecule has 2 aromatic carbocycles. The number of rotatable bonds is 6. The zero-order valence-electron chi connectivity index (χ0n) is 12.4. The maximum atomic E-state index is 8.78. The molecule has 0 radical (unpaired) electrons. The first-order chi connectivity index (χ1) is 10.8. The second-order valence-electron chi connectivity index (χ2n) is 4.70. The van der Waals surface area contributed by atoms with Gasteiger partial charge in [-0.25, -0.2) is 0 Å². The molecule has 2 nitrogen and oxygen atoms in total. The minimum atomic E-state index is 0.419. The Kier molecular flexibility index (Phi) is 5.34. The fourth-order valence-electron chi connectivity index (χ4n) is 2.23. The molecule has 0 unspecified atom stereocenters. The second-order valence-corrected chi connectivity index (χ2v) is 4.70. The molecule has 0 N–H and O–H groups in total. The van der Waals surface area contributed by atoms with E-state index >= 15 is 0 Å². The largest absolute Gasteiger partial charge is 0.311 e. The maximum Gasteiger partial charge on any atom is 0.0669 e. The quantitative estimate of drug-likeness (QED) is 0.687. The fraction of sp³-hybridized carbons (Fsp3) is 0.0500. The average molecular weight is 286 g/mol. The summed E-state index contributed by atoms with van der Waals surface area (Å²) in [6.45, 7) is 7.67. The summed E-state index contributed by atoms with van der Waals surface area (Å²) < 4.78 is 0. The highest BCUT2D eigenvalue weighted by atomic mass is 15.1. The Labute approximate surface area is 131 Å². The van der Waals surface area contributed by atoms with Crippen molar-refractivity contribution in [3.63, 3.8) is 0 Å². The van der Waals surface area contributed by atoms with Crippen LogP contribution in [0.4, 0.5) is 11.4 Å². The third-order valence-electron chi connectivity index (χ3n) is 3.25. The molecule has 0 aromatic heterocycles. The van der Waals surface area contributed by atoms with Crippen molar-refractivity contribution in [1.29, 1.82) is 5.26 Å². The Hall–Kier alpha value is -3.05. The molecule has 0 atom stereocenters. The van der Waals surface area contributed by atoms with Crippen molar-refractivity contribution in [2.45, 2.75) is 6.42 Å². The van der Waals surface area contributed by atoms with Gasteiger partial charge in [-0.15, -0.1) is 0 Å². The van der Waals surface area contributed by atoms with E-state index < -0.39 is 0 Å². The minimum Gasteiger partial charge on any atom is -0.311 e. The molecule has 0 amide bonds. The van der Waals surface area contributed by atoms with Crippen LogP contribution in [0.3, 0.4) is 0 Å². The molecule has 2 heteroatoms. The van der Waals surface area contributed by atoms with Crippen molar-refractivity contribution in [2.24, 2.45) is 0 Å². The number of hydrogen-bond donors (Lipinski definition) is 0. The first-order valence-corrected chi connectivity index (χ1v) is 7.06. The van der Waals surface area contributed by atoms with Crippen molar-refractivity contribution in [1.82, 2.24) is 0 Å². The molecule has 0 saturated heterocycles. The molecule has 0 heterocycles. The Bertz CT molecular complexity index is 704. The van der Waals surface area contributed by atoms with E-state index in [1.54, 1.807) is 12.2 Å². The lowest BCUT2D eigenvalue weighted by atomic mass is 10.1. The van der Waals surface area contributed by atoms with Gasteiger partial charge < -0.3 is 4.90 Å². The van der Waals surface area contributed by atoms with Gasteiger partial charge in [0.2, 0.25) is 0 Å². The maximum absolute atomic E-state index is 8.78. The van der Waals surface area contributed by atoms with Crippen LogP contribution >= 0.6 is 0 Å². The third kappa shape index (κ3) is 3.53. The molecule has 0 fully saturated rings. The molecule has 0 bridgehead atoms. The Balaban J connectivity index is 2.49. The summed E-state index contributed by atoms with van der Waals surface area (Å²) in [5.74, 6) is 0. The van der Waals surface area contributed by atoms with Crippen LogP contribution < -0.4 is 4.90 Å². The van der Waals surface area contributed by atoms with E-state index in [0.717, 1.165) is 22.6 Å². The molecule has 2 aromatic rings. The number of allylic oxidation sites excluding steroid dienone is 3. The van der Waals surface area contributed by atoms with Gasteiger partial charge in [-0.1, -0.05) is 49.6 Å². The van der Waals surface area contributed by atoms with Crippen molar-refractivity contribution in [3.8, 4) is 6.07 Å². The van der Waals surface area contributed by atoms with Crippen LogP contribution in [0.15, 0.2) is 91.7 Å². The zero-order valence-corrected chi connectivity index (χ0v) is 12.4. The van der Waals surface area contributed by atoms with Crippen molar-refractivity contribution >= 4 is 11.4 Å². The summed E-state index contributed by atoms with van der Waals surface area (Å²) in [5, 5.41) is 8.78. The lowest BCUT2D eigenvalue weighted by Gasteiger charge is -2.26. The lowest BCUT2D eigenvalue weighted by molar-refractivity contribution is 1.19. The first-order valence-electron chi connectivity index (χ1n) is 7.06. The van der Waals surface area contributed by atoms with Crippen molar-refractivity contribution < 1.29 is 0 Å². The number of anilines is 2. The van der Waals surface area contributed by atoms with E-state index in [0.29, 0.717) is 6.42 Å². The van der Waals surface area contributed by atoms with Gasteiger partial charge >= 0.3 is 0 Å². The molecule has 0 saturated carbocycles. The molecule has 0 aliphatic heterocycles. The zero-order chi connectivity index (χ0) is 15.8. The van der Waals surface area contributed by atoms with Crippen LogP contribution in [-0.2, 0) is 6.42 Å². The minimum absolute atomic E-state index is 0.419. The van der Waals surface area contributed by atoms with Gasteiger partial charge in [-0.3, -0.25) is 0 Å². The average Bonchev–Trinajstić information content (AvgIpc) is 2.57. The Morgan fingerprint density at radius 1 is 1.00 bits per heavy atom. The summed E-state index contributed by atoms with van der Waals surface area (Å²) in [6, 6.07) is 20.2. The van der Waals surface area contributed by atoms with Crippen LogP contribution in [0, 0.1) is 11.3 Å². The van der Waals surface area contributed by atoms with Crippen molar-refractivity contribution in [2.75, 3.05) is 4.90 Å². The normalized spacial score (nSPS) is 10.6. The topological polar surface area (TPSA) is 27.0 Å². The van der Waals surface area contributed by atoms with Crippen LogP contribution in [0.5, 0.6) is 0 Å². The van der Waals surface area contributed by atoms with Gasteiger partial charge in [0.05, 0.1) is 12.5 Å². The number of benzene rings is 2. The predicted octanol–water partition coefficient (Wildman–Crippen LogP) is 5.15. The lowest BCUT2D eigenvalue weighted by Crippen LogP contribution is -2.14. The molecule has 0 aliphatic rings. The summed E-state index contributed by atoms with van der Waals surface area (Å²) in [6.07, 6.45) is 5.89. The number of hydrogen-bond acceptors (Lipinski definition) is 2. The van der Waals surface area contributed by atoms with Gasteiger partial charge in [0.1, 0.15) is 0 Å². The Morgan fingerprint density at radius 3 is 2.18 bits per heavy atom. The van der Waals surface area contributed by atoms with Crippen LogP contribution in [0.1, 0.15) is 5.56 Å². The summed E-state index contributed by atoms with van der Waals surface area (Å²) >= 11 is 0. The smallest absolute Gasteiger partial charge is 0.0669 e. The van der Waals surface area contributed by atoms with Gasteiger partial charge in [-0.05, 0) is 42.0 Å². The molecule has 22 heavy (non-hydrogen) atoms. The van der Waals surface area contributed by atoms with Gasteiger partial charge in [-0.2, -0.15) is 5.26 Å². The van der Waals surface area contributed by atoms with Crippen molar-refractivity contribution in [3.05, 3.63) is 97.2 Å². The molecule has 0 aliphatic carbocycles. The summed E-state index contributed by atoms with van der Waals surface area (Å²) in [4.78, 5) is 2.10. The van der Waals surface area contributed by atoms with Gasteiger partial charge in [0.25, 0.3) is 0 Å². The monoisotopic (exact) mass is 286 g/mol. The highest BCUT2D eigenvalue weighted by molar-refractivity contribution is 5.70. The van der Waals surface area contributed by atoms with Crippen LogP contribution in [0.25, 0.3) is 0 Å². The number of nitrogens with zero attached hydrogens (tertiary/aromatic N) is 2. The molecule has 2 rings (SSSR count). The number of para-hydroxylation sites is 1. The SMILES string of the molecule is C=C/C=C(\C=C)N(c1ccccc1)c1ccc(CC#N)cc1. The standard InChI is InChI=1S/C20H18N2/c1-3-8-18(4-2)22(19-9-6-5-7-10-19)20-13-11-17(12-14-20)15-16-21/h3-14H,1-2,15H2/b18-8+. The molecule has 108 valence electrons. The molecule has 0 spiro atoms. The highest BCUT2D eigenvalue weighted by Crippen LogP contribution is 2.30. The number of nitriles is 1. The van der Waals surface area contributed by atoms with E-state index in [2.05, 4.69) is 24.1 Å². The van der Waals surface area contributed by atoms with Gasteiger partial charge in [0, 0.05) is 17.1 Å². The van der Waals surface area contributed by atoms with E-state index in [9.17, 15) is 0 Å². The van der Waals surface area contributed by atoms with E-state index in [4.69, 9.17) is 5.26 Å².